The number of hydrogen-bond acceptors (Lipinski definition) is 7. The molecule has 0 bridgehead atoms. The van der Waals surface area contributed by atoms with Gasteiger partial charge in [0.05, 0.1) is 19.6 Å². The van der Waals surface area contributed by atoms with Crippen molar-refractivity contribution in [3.63, 3.8) is 0 Å². The summed E-state index contributed by atoms with van der Waals surface area (Å²) in [7, 11) is 1.53. The summed E-state index contributed by atoms with van der Waals surface area (Å²) in [6, 6.07) is 5.41. The van der Waals surface area contributed by atoms with Crippen LogP contribution in [0.2, 0.25) is 0 Å². The minimum absolute atomic E-state index is 0.0742. The number of rotatable bonds is 7. The first kappa shape index (κ1) is 23.0. The molecule has 2 aliphatic rings. The van der Waals surface area contributed by atoms with Gasteiger partial charge in [0.25, 0.3) is 0 Å². The molecule has 2 aliphatic carbocycles. The van der Waals surface area contributed by atoms with Crippen LogP contribution in [-0.4, -0.2) is 57.6 Å². The number of H-pyrrole nitrogens is 1. The molecule has 4 rings (SSSR count). The van der Waals surface area contributed by atoms with E-state index in [9.17, 15) is 14.7 Å². The molecule has 0 radical (unpaired) electrons. The number of amides is 2. The van der Waals surface area contributed by atoms with Crippen LogP contribution in [0, 0.1) is 0 Å². The van der Waals surface area contributed by atoms with Gasteiger partial charge in [-0.1, -0.05) is 0 Å². The van der Waals surface area contributed by atoms with Crippen LogP contribution in [0.1, 0.15) is 62.1 Å². The van der Waals surface area contributed by atoms with E-state index in [1.54, 1.807) is 18.3 Å². The Morgan fingerprint density at radius 2 is 2.00 bits per heavy atom. The fourth-order valence-corrected chi connectivity index (χ4v) is 4.56. The first-order valence-electron chi connectivity index (χ1n) is 11.5. The SMILES string of the molecule is COc1cc(CC(=O)Nc2cc(C3CCC(OC(=O)NC4CCC(O)CC4)C3)[nH]n2)ccn1. The van der Waals surface area contributed by atoms with Crippen LogP contribution in [0.4, 0.5) is 10.6 Å². The number of carbonyl (C=O) groups excluding carboxylic acids is 2. The van der Waals surface area contributed by atoms with Crippen LogP contribution in [0.3, 0.4) is 0 Å². The molecular formula is C23H31N5O5. The third kappa shape index (κ3) is 6.44. The molecule has 0 spiro atoms. The first-order valence-corrected chi connectivity index (χ1v) is 11.5. The van der Waals surface area contributed by atoms with Crippen molar-refractivity contribution >= 4 is 17.8 Å². The number of aliphatic hydroxyl groups excluding tert-OH is 1. The number of nitrogens with zero attached hydrogens (tertiary/aromatic N) is 2. The summed E-state index contributed by atoms with van der Waals surface area (Å²) < 4.78 is 10.7. The van der Waals surface area contributed by atoms with Gasteiger partial charge in [-0.15, -0.1) is 0 Å². The first-order chi connectivity index (χ1) is 16.0. The van der Waals surface area contributed by atoms with Crippen LogP contribution < -0.4 is 15.4 Å². The van der Waals surface area contributed by atoms with E-state index in [1.165, 1.54) is 7.11 Å². The van der Waals surface area contributed by atoms with E-state index < -0.39 is 0 Å². The largest absolute Gasteiger partial charge is 0.481 e. The van der Waals surface area contributed by atoms with Crippen molar-refractivity contribution in [1.82, 2.24) is 20.5 Å². The van der Waals surface area contributed by atoms with E-state index in [2.05, 4.69) is 25.8 Å². The van der Waals surface area contributed by atoms with Crippen LogP contribution in [0.25, 0.3) is 0 Å². The number of aliphatic hydroxyl groups is 1. The molecular weight excluding hydrogens is 426 g/mol. The number of aromatic nitrogens is 3. The average Bonchev–Trinajstić information content (AvgIpc) is 3.45. The highest BCUT2D eigenvalue weighted by molar-refractivity contribution is 5.91. The molecule has 2 saturated carbocycles. The molecule has 2 fully saturated rings. The van der Waals surface area contributed by atoms with E-state index in [0.717, 1.165) is 36.9 Å². The molecule has 2 amide bonds. The van der Waals surface area contributed by atoms with Gasteiger partial charge in [-0.25, -0.2) is 9.78 Å². The Hall–Kier alpha value is -3.14. The quantitative estimate of drug-likeness (QED) is 0.501. The maximum atomic E-state index is 12.4. The molecule has 2 unspecified atom stereocenters. The Labute approximate surface area is 192 Å². The normalized spacial score (nSPS) is 24.8. The smallest absolute Gasteiger partial charge is 0.407 e. The summed E-state index contributed by atoms with van der Waals surface area (Å²) in [4.78, 5) is 28.6. The second-order valence-electron chi connectivity index (χ2n) is 8.83. The summed E-state index contributed by atoms with van der Waals surface area (Å²) in [6.45, 7) is 0. The van der Waals surface area contributed by atoms with Crippen molar-refractivity contribution in [1.29, 1.82) is 0 Å². The van der Waals surface area contributed by atoms with E-state index in [1.807, 2.05) is 6.07 Å². The highest BCUT2D eigenvalue weighted by atomic mass is 16.6. The zero-order valence-corrected chi connectivity index (χ0v) is 18.8. The summed E-state index contributed by atoms with van der Waals surface area (Å²) >= 11 is 0. The van der Waals surface area contributed by atoms with Crippen LogP contribution >= 0.6 is 0 Å². The molecule has 2 atom stereocenters. The minimum atomic E-state index is -0.382. The zero-order chi connectivity index (χ0) is 23.2. The Kier molecular flexibility index (Phi) is 7.43. The fourth-order valence-electron chi connectivity index (χ4n) is 4.56. The van der Waals surface area contributed by atoms with Crippen molar-refractivity contribution < 1.29 is 24.2 Å². The highest BCUT2D eigenvalue weighted by Gasteiger charge is 2.31. The van der Waals surface area contributed by atoms with Gasteiger partial charge >= 0.3 is 6.09 Å². The monoisotopic (exact) mass is 457 g/mol. The molecule has 33 heavy (non-hydrogen) atoms. The lowest BCUT2D eigenvalue weighted by atomic mass is 9.93. The summed E-state index contributed by atoms with van der Waals surface area (Å²) in [5.74, 6) is 0.945. The molecule has 2 aromatic heterocycles. The van der Waals surface area contributed by atoms with Crippen LogP contribution in [0.15, 0.2) is 24.4 Å². The predicted octanol–water partition coefficient (Wildman–Crippen LogP) is 2.66. The molecule has 4 N–H and O–H groups in total. The molecule has 2 aromatic rings. The molecule has 10 heteroatoms. The predicted molar refractivity (Wildman–Crippen MR) is 120 cm³/mol. The number of pyridine rings is 1. The number of ether oxygens (including phenoxy) is 2. The summed E-state index contributed by atoms with van der Waals surface area (Å²) in [6.07, 6.45) is 6.37. The highest BCUT2D eigenvalue weighted by Crippen LogP contribution is 2.36. The maximum Gasteiger partial charge on any atom is 0.407 e. The molecule has 0 aliphatic heterocycles. The lowest BCUT2D eigenvalue weighted by Crippen LogP contribution is -2.40. The number of anilines is 1. The van der Waals surface area contributed by atoms with Crippen LogP contribution in [0.5, 0.6) is 5.88 Å². The second-order valence-corrected chi connectivity index (χ2v) is 8.83. The third-order valence-electron chi connectivity index (χ3n) is 6.35. The van der Waals surface area contributed by atoms with E-state index in [-0.39, 0.29) is 42.6 Å². The standard InChI is InChI=1S/C23H31N5O5/c1-32-22-11-14(8-9-24-22)10-21(30)26-20-13-19(27-28-20)15-2-7-18(12-15)33-23(31)25-16-3-5-17(29)6-4-16/h8-9,11,13,15-18,29H,2-7,10,12H2,1H3,(H,25,31)(H2,26,27,28,30). The van der Waals surface area contributed by atoms with Crippen molar-refractivity contribution in [2.45, 2.75) is 75.5 Å². The molecule has 10 nitrogen and oxygen atoms in total. The van der Waals surface area contributed by atoms with E-state index in [0.29, 0.717) is 31.0 Å². The average molecular weight is 458 g/mol. The van der Waals surface area contributed by atoms with Crippen LogP contribution in [-0.2, 0) is 16.0 Å². The number of aromatic amines is 1. The Bertz CT molecular complexity index is 956. The van der Waals surface area contributed by atoms with E-state index in [4.69, 9.17) is 9.47 Å². The Balaban J connectivity index is 1.22. The molecule has 2 heterocycles. The molecule has 0 aromatic carbocycles. The molecule has 178 valence electrons. The van der Waals surface area contributed by atoms with Gasteiger partial charge in [-0.3, -0.25) is 9.89 Å². The Morgan fingerprint density at radius 3 is 2.79 bits per heavy atom. The minimum Gasteiger partial charge on any atom is -0.481 e. The molecule has 0 saturated heterocycles. The lowest BCUT2D eigenvalue weighted by molar-refractivity contribution is -0.115. The van der Waals surface area contributed by atoms with Gasteiger partial charge in [0.1, 0.15) is 6.10 Å². The number of alkyl carbamates (subject to hydrolysis) is 1. The van der Waals surface area contributed by atoms with Gasteiger partial charge in [0.2, 0.25) is 11.8 Å². The van der Waals surface area contributed by atoms with Gasteiger partial charge in [0, 0.05) is 36.0 Å². The van der Waals surface area contributed by atoms with Gasteiger partial charge < -0.3 is 25.2 Å². The van der Waals surface area contributed by atoms with Gasteiger partial charge in [-0.2, -0.15) is 5.10 Å². The van der Waals surface area contributed by atoms with Crippen molar-refractivity contribution in [2.75, 3.05) is 12.4 Å². The summed E-state index contributed by atoms with van der Waals surface area (Å²) in [5.41, 5.74) is 1.72. The third-order valence-corrected chi connectivity index (χ3v) is 6.35. The number of methoxy groups -OCH3 is 1. The second kappa shape index (κ2) is 10.7. The van der Waals surface area contributed by atoms with Crippen molar-refractivity contribution in [3.05, 3.63) is 35.7 Å². The van der Waals surface area contributed by atoms with Gasteiger partial charge in [0.15, 0.2) is 5.82 Å². The lowest BCUT2D eigenvalue weighted by Gasteiger charge is -2.26. The number of hydrogen-bond donors (Lipinski definition) is 4. The maximum absolute atomic E-state index is 12.4. The number of carbonyl (C=O) groups is 2. The van der Waals surface area contributed by atoms with Crippen molar-refractivity contribution in [3.8, 4) is 5.88 Å². The topological polar surface area (TPSA) is 138 Å². The van der Waals surface area contributed by atoms with Gasteiger partial charge in [-0.05, 0) is 56.6 Å². The van der Waals surface area contributed by atoms with E-state index >= 15 is 0 Å². The fraction of sp³-hybridized carbons (Fsp3) is 0.565. The zero-order valence-electron chi connectivity index (χ0n) is 18.8. The Morgan fingerprint density at radius 1 is 1.18 bits per heavy atom. The van der Waals surface area contributed by atoms with Crippen molar-refractivity contribution in [2.24, 2.45) is 0 Å². The number of nitrogens with one attached hydrogen (secondary N) is 3. The summed E-state index contributed by atoms with van der Waals surface area (Å²) in [5, 5.41) is 22.5.